The van der Waals surface area contributed by atoms with Crippen LogP contribution in [0.2, 0.25) is 0 Å². The van der Waals surface area contributed by atoms with Gasteiger partial charge in [-0.15, -0.1) is 0 Å². The summed E-state index contributed by atoms with van der Waals surface area (Å²) in [6.45, 7) is 3.56. The third-order valence-corrected chi connectivity index (χ3v) is 4.28. The number of rotatable bonds is 4. The standard InChI is InChI=1S/C21H16O8/c1-9(22)13-7-14-15(8-17(13)28-10(2)23)20(25)16-5-12(27-4)6-18(29-11(3)24)19(16)21(14)26/h5-8H,1-4H3. The zero-order valence-corrected chi connectivity index (χ0v) is 16.1. The van der Waals surface area contributed by atoms with Crippen molar-refractivity contribution in [3.8, 4) is 17.2 Å². The van der Waals surface area contributed by atoms with Crippen molar-refractivity contribution < 1.29 is 38.2 Å². The van der Waals surface area contributed by atoms with E-state index in [4.69, 9.17) is 14.2 Å². The number of ketones is 3. The first-order valence-corrected chi connectivity index (χ1v) is 8.51. The van der Waals surface area contributed by atoms with Gasteiger partial charge in [0.05, 0.1) is 18.2 Å². The first-order valence-electron chi connectivity index (χ1n) is 8.51. The van der Waals surface area contributed by atoms with E-state index in [-0.39, 0.29) is 45.1 Å². The Morgan fingerprint density at radius 2 is 1.31 bits per heavy atom. The number of fused-ring (bicyclic) bond motifs is 2. The van der Waals surface area contributed by atoms with Crippen molar-refractivity contribution in [2.45, 2.75) is 20.8 Å². The molecule has 8 heteroatoms. The maximum atomic E-state index is 13.2. The highest BCUT2D eigenvalue weighted by atomic mass is 16.5. The molecule has 0 amide bonds. The number of hydrogen-bond donors (Lipinski definition) is 0. The van der Waals surface area contributed by atoms with Crippen LogP contribution in [0, 0.1) is 0 Å². The largest absolute Gasteiger partial charge is 0.497 e. The van der Waals surface area contributed by atoms with Crippen LogP contribution < -0.4 is 14.2 Å². The highest BCUT2D eigenvalue weighted by Gasteiger charge is 2.35. The van der Waals surface area contributed by atoms with Gasteiger partial charge in [-0.05, 0) is 25.1 Å². The zero-order chi connectivity index (χ0) is 21.5. The maximum Gasteiger partial charge on any atom is 0.308 e. The predicted octanol–water partition coefficient (Wildman–Crippen LogP) is 2.52. The van der Waals surface area contributed by atoms with Crippen LogP contribution in [-0.4, -0.2) is 36.4 Å². The fraction of sp³-hybridized carbons (Fsp3) is 0.190. The molecule has 0 aromatic heterocycles. The second-order valence-electron chi connectivity index (χ2n) is 6.34. The van der Waals surface area contributed by atoms with Gasteiger partial charge in [0, 0.05) is 36.6 Å². The Hall–Kier alpha value is -3.81. The number of methoxy groups -OCH3 is 1. The zero-order valence-electron chi connectivity index (χ0n) is 16.1. The van der Waals surface area contributed by atoms with Crippen LogP contribution in [0.4, 0.5) is 0 Å². The molecule has 1 aliphatic rings. The van der Waals surface area contributed by atoms with Gasteiger partial charge < -0.3 is 14.2 Å². The molecule has 0 N–H and O–H groups in total. The molecule has 0 unspecified atom stereocenters. The molecule has 0 saturated carbocycles. The summed E-state index contributed by atoms with van der Waals surface area (Å²) in [5.74, 6) is -3.01. The Kier molecular flexibility index (Phi) is 5.02. The SMILES string of the molecule is COc1cc(OC(C)=O)c2c(c1)C(=O)c1cc(OC(C)=O)c(C(C)=O)cc1C2=O. The Balaban J connectivity index is 2.29. The summed E-state index contributed by atoms with van der Waals surface area (Å²) >= 11 is 0. The summed E-state index contributed by atoms with van der Waals surface area (Å²) in [6, 6.07) is 5.09. The van der Waals surface area contributed by atoms with E-state index in [1.807, 2.05) is 0 Å². The lowest BCUT2D eigenvalue weighted by atomic mass is 9.82. The number of Topliss-reactive ketones (excluding diaryl/α,β-unsaturated/α-hetero) is 1. The molecule has 0 radical (unpaired) electrons. The van der Waals surface area contributed by atoms with E-state index in [1.54, 1.807) is 0 Å². The summed E-state index contributed by atoms with van der Waals surface area (Å²) in [6.07, 6.45) is 0. The summed E-state index contributed by atoms with van der Waals surface area (Å²) in [7, 11) is 1.36. The summed E-state index contributed by atoms with van der Waals surface area (Å²) in [5.41, 5.74) is -0.241. The molecule has 29 heavy (non-hydrogen) atoms. The number of hydrogen-bond acceptors (Lipinski definition) is 8. The first kappa shape index (κ1) is 19.9. The average Bonchev–Trinajstić information content (AvgIpc) is 2.64. The van der Waals surface area contributed by atoms with Crippen LogP contribution in [0.15, 0.2) is 24.3 Å². The van der Waals surface area contributed by atoms with Crippen molar-refractivity contribution in [1.82, 2.24) is 0 Å². The summed E-state index contributed by atoms with van der Waals surface area (Å²) in [5, 5.41) is 0. The van der Waals surface area contributed by atoms with Gasteiger partial charge in [-0.3, -0.25) is 24.0 Å². The van der Waals surface area contributed by atoms with Crippen molar-refractivity contribution in [3.63, 3.8) is 0 Å². The minimum absolute atomic E-state index is 0.0221. The van der Waals surface area contributed by atoms with Gasteiger partial charge in [0.2, 0.25) is 0 Å². The van der Waals surface area contributed by atoms with Gasteiger partial charge in [0.1, 0.15) is 17.2 Å². The molecule has 0 bridgehead atoms. The maximum absolute atomic E-state index is 13.2. The van der Waals surface area contributed by atoms with Crippen LogP contribution in [0.1, 0.15) is 63.0 Å². The highest BCUT2D eigenvalue weighted by molar-refractivity contribution is 6.30. The Labute approximate surface area is 165 Å². The molecular weight excluding hydrogens is 380 g/mol. The van der Waals surface area contributed by atoms with Crippen LogP contribution in [-0.2, 0) is 9.59 Å². The molecule has 0 aliphatic heterocycles. The number of carbonyl (C=O) groups excluding carboxylic acids is 5. The van der Waals surface area contributed by atoms with Crippen LogP contribution in [0.25, 0.3) is 0 Å². The molecular formula is C21H16O8. The topological polar surface area (TPSA) is 113 Å². The minimum Gasteiger partial charge on any atom is -0.497 e. The Morgan fingerprint density at radius 1 is 0.724 bits per heavy atom. The molecule has 0 fully saturated rings. The molecule has 2 aromatic rings. The van der Waals surface area contributed by atoms with Crippen molar-refractivity contribution >= 4 is 29.3 Å². The number of ether oxygens (including phenoxy) is 3. The lowest BCUT2D eigenvalue weighted by molar-refractivity contribution is -0.132. The average molecular weight is 396 g/mol. The van der Waals surface area contributed by atoms with Crippen molar-refractivity contribution in [2.24, 2.45) is 0 Å². The summed E-state index contributed by atoms with van der Waals surface area (Å²) in [4.78, 5) is 61.1. The quantitative estimate of drug-likeness (QED) is 0.376. The molecule has 8 nitrogen and oxygen atoms in total. The summed E-state index contributed by atoms with van der Waals surface area (Å²) < 4.78 is 15.3. The van der Waals surface area contributed by atoms with Crippen LogP contribution in [0.5, 0.6) is 17.2 Å². The van der Waals surface area contributed by atoms with E-state index < -0.39 is 29.3 Å². The van der Waals surface area contributed by atoms with Gasteiger partial charge in [-0.1, -0.05) is 0 Å². The number of esters is 2. The second kappa shape index (κ2) is 7.31. The van der Waals surface area contributed by atoms with E-state index in [1.165, 1.54) is 38.3 Å². The fourth-order valence-corrected chi connectivity index (χ4v) is 3.11. The second-order valence-corrected chi connectivity index (χ2v) is 6.34. The third-order valence-electron chi connectivity index (χ3n) is 4.28. The predicted molar refractivity (Wildman–Crippen MR) is 98.9 cm³/mol. The smallest absolute Gasteiger partial charge is 0.308 e. The molecule has 1 aliphatic carbocycles. The first-order chi connectivity index (χ1) is 13.6. The number of carbonyl (C=O) groups is 5. The molecule has 3 rings (SSSR count). The molecule has 0 saturated heterocycles. The van der Waals surface area contributed by atoms with Gasteiger partial charge in [-0.2, -0.15) is 0 Å². The third kappa shape index (κ3) is 3.52. The molecule has 0 atom stereocenters. The normalized spacial score (nSPS) is 12.0. The lowest BCUT2D eigenvalue weighted by Crippen LogP contribution is -2.24. The van der Waals surface area contributed by atoms with E-state index >= 15 is 0 Å². The monoisotopic (exact) mass is 396 g/mol. The lowest BCUT2D eigenvalue weighted by Gasteiger charge is -2.22. The molecule has 2 aromatic carbocycles. The van der Waals surface area contributed by atoms with Gasteiger partial charge >= 0.3 is 11.9 Å². The van der Waals surface area contributed by atoms with E-state index in [2.05, 4.69) is 0 Å². The van der Waals surface area contributed by atoms with E-state index in [0.717, 1.165) is 13.8 Å². The fourth-order valence-electron chi connectivity index (χ4n) is 3.11. The van der Waals surface area contributed by atoms with E-state index in [9.17, 15) is 24.0 Å². The van der Waals surface area contributed by atoms with Gasteiger partial charge in [-0.25, -0.2) is 0 Å². The van der Waals surface area contributed by atoms with Crippen LogP contribution >= 0.6 is 0 Å². The minimum atomic E-state index is -0.680. The molecule has 148 valence electrons. The Bertz CT molecular complexity index is 1110. The van der Waals surface area contributed by atoms with Gasteiger partial charge in [0.15, 0.2) is 17.3 Å². The molecule has 0 heterocycles. The van der Waals surface area contributed by atoms with E-state index in [0.29, 0.717) is 0 Å². The van der Waals surface area contributed by atoms with Crippen molar-refractivity contribution in [1.29, 1.82) is 0 Å². The van der Waals surface area contributed by atoms with Crippen molar-refractivity contribution in [2.75, 3.05) is 7.11 Å². The van der Waals surface area contributed by atoms with Crippen LogP contribution in [0.3, 0.4) is 0 Å². The van der Waals surface area contributed by atoms with Gasteiger partial charge in [0.25, 0.3) is 0 Å². The Morgan fingerprint density at radius 3 is 1.86 bits per heavy atom. The highest BCUT2D eigenvalue weighted by Crippen LogP contribution is 2.39. The van der Waals surface area contributed by atoms with Crippen molar-refractivity contribution in [3.05, 3.63) is 52.1 Å². The number of benzene rings is 2. The molecule has 0 spiro atoms.